The van der Waals surface area contributed by atoms with E-state index >= 15 is 0 Å². The number of esters is 1. The zero-order valence-electron chi connectivity index (χ0n) is 21.3. The minimum atomic E-state index is -0.662. The van der Waals surface area contributed by atoms with E-state index in [2.05, 4.69) is 15.3 Å². The molecule has 0 unspecified atom stereocenters. The summed E-state index contributed by atoms with van der Waals surface area (Å²) in [4.78, 5) is 57.9. The number of carbonyl (C=O) groups excluding carboxylic acids is 4. The summed E-state index contributed by atoms with van der Waals surface area (Å²) in [5.74, 6) is -0.726. The maximum Gasteiger partial charge on any atom is 0.307 e. The van der Waals surface area contributed by atoms with Crippen LogP contribution in [0.2, 0.25) is 0 Å². The largest absolute Gasteiger partial charge is 0.460 e. The van der Waals surface area contributed by atoms with Crippen molar-refractivity contribution in [3.05, 3.63) is 54.2 Å². The standard InChI is InChI=1S/C28H25N5O7/c29-23(34)13-33-12-16(10-24(33)35)40-25(36)7-8-30-28(37)20-11-18-17-3-1-2-4-19(17)31-27(18)26(32-20)15-5-6-21-22(9-15)39-14-38-21/h1-6,9,11,16,31H,7-8,10,12-14H2,(H2,29,34)(H,30,37)/t16-/m0/s1. The summed E-state index contributed by atoms with van der Waals surface area (Å²) in [5.41, 5.74) is 8.32. The third-order valence-corrected chi connectivity index (χ3v) is 6.81. The first-order chi connectivity index (χ1) is 19.4. The number of amides is 3. The highest BCUT2D eigenvalue weighted by Crippen LogP contribution is 2.38. The monoisotopic (exact) mass is 543 g/mol. The second-order valence-electron chi connectivity index (χ2n) is 9.58. The average molecular weight is 544 g/mol. The van der Waals surface area contributed by atoms with Crippen LogP contribution in [0.15, 0.2) is 48.5 Å². The molecule has 0 saturated carbocycles. The highest BCUT2D eigenvalue weighted by molar-refractivity contribution is 6.13. The number of hydrogen-bond donors (Lipinski definition) is 3. The van der Waals surface area contributed by atoms with Crippen molar-refractivity contribution in [3.63, 3.8) is 0 Å². The number of carbonyl (C=O) groups is 4. The fourth-order valence-corrected chi connectivity index (χ4v) is 4.98. The van der Waals surface area contributed by atoms with Crippen molar-refractivity contribution in [3.8, 4) is 22.8 Å². The molecule has 2 aromatic carbocycles. The molecule has 2 aromatic heterocycles. The van der Waals surface area contributed by atoms with E-state index in [1.807, 2.05) is 36.4 Å². The lowest BCUT2D eigenvalue weighted by Crippen LogP contribution is -2.35. The van der Waals surface area contributed by atoms with Crippen LogP contribution in [0.3, 0.4) is 0 Å². The first-order valence-corrected chi connectivity index (χ1v) is 12.7. The predicted molar refractivity (Wildman–Crippen MR) is 142 cm³/mol. The SMILES string of the molecule is NC(=O)CN1C[C@@H](OC(=O)CCNC(=O)c2cc3c([nH]c4ccccc43)c(-c3ccc4c(c3)OCO4)n2)CC1=O. The van der Waals surface area contributed by atoms with Gasteiger partial charge < -0.3 is 35.1 Å². The number of fused-ring (bicyclic) bond motifs is 4. The Morgan fingerprint density at radius 1 is 1.10 bits per heavy atom. The number of hydrogen-bond acceptors (Lipinski definition) is 8. The van der Waals surface area contributed by atoms with Crippen molar-refractivity contribution >= 4 is 45.5 Å². The van der Waals surface area contributed by atoms with Gasteiger partial charge in [-0.15, -0.1) is 0 Å². The summed E-state index contributed by atoms with van der Waals surface area (Å²) in [7, 11) is 0. The molecule has 0 bridgehead atoms. The van der Waals surface area contributed by atoms with Crippen molar-refractivity contribution < 1.29 is 33.4 Å². The molecule has 12 nitrogen and oxygen atoms in total. The smallest absolute Gasteiger partial charge is 0.307 e. The van der Waals surface area contributed by atoms with E-state index < -0.39 is 23.9 Å². The molecule has 40 heavy (non-hydrogen) atoms. The normalized spacial score (nSPS) is 16.1. The number of likely N-dealkylation sites (tertiary alicyclic amines) is 1. The van der Waals surface area contributed by atoms with Gasteiger partial charge in [-0.1, -0.05) is 18.2 Å². The fraction of sp³-hybridized carbons (Fsp3) is 0.250. The molecule has 12 heteroatoms. The summed E-state index contributed by atoms with van der Waals surface area (Å²) in [6.07, 6.45) is -0.774. The van der Waals surface area contributed by atoms with Gasteiger partial charge in [-0.05, 0) is 30.3 Å². The summed E-state index contributed by atoms with van der Waals surface area (Å²) < 4.78 is 16.3. The van der Waals surface area contributed by atoms with E-state index in [0.29, 0.717) is 17.2 Å². The quantitative estimate of drug-likeness (QED) is 0.283. The molecule has 2 aliphatic rings. The Hall–Kier alpha value is -5.13. The van der Waals surface area contributed by atoms with Crippen LogP contribution in [-0.4, -0.2) is 71.1 Å². The van der Waals surface area contributed by atoms with Crippen molar-refractivity contribution in [2.24, 2.45) is 5.73 Å². The van der Waals surface area contributed by atoms with Crippen molar-refractivity contribution in [2.75, 3.05) is 26.4 Å². The molecular formula is C28H25N5O7. The third-order valence-electron chi connectivity index (χ3n) is 6.81. The second kappa shape index (κ2) is 10.2. The number of pyridine rings is 1. The second-order valence-corrected chi connectivity index (χ2v) is 9.58. The zero-order chi connectivity index (χ0) is 27.8. The molecule has 2 aliphatic heterocycles. The first kappa shape index (κ1) is 25.2. The van der Waals surface area contributed by atoms with Crippen LogP contribution in [-0.2, 0) is 19.1 Å². The number of ether oxygens (including phenoxy) is 3. The number of H-pyrrole nitrogens is 1. The number of benzene rings is 2. The maximum atomic E-state index is 13.2. The number of nitrogens with zero attached hydrogens (tertiary/aromatic N) is 2. The Kier molecular flexibility index (Phi) is 6.42. The van der Waals surface area contributed by atoms with Gasteiger partial charge in [-0.3, -0.25) is 19.2 Å². The molecule has 0 aliphatic carbocycles. The summed E-state index contributed by atoms with van der Waals surface area (Å²) >= 11 is 0. The van der Waals surface area contributed by atoms with Gasteiger partial charge in [-0.25, -0.2) is 4.98 Å². The predicted octanol–water partition coefficient (Wildman–Crippen LogP) is 1.86. The van der Waals surface area contributed by atoms with Crippen LogP contribution >= 0.6 is 0 Å². The van der Waals surface area contributed by atoms with Crippen LogP contribution in [0, 0.1) is 0 Å². The van der Waals surface area contributed by atoms with E-state index in [1.54, 1.807) is 12.1 Å². The van der Waals surface area contributed by atoms with E-state index in [1.165, 1.54) is 4.90 Å². The van der Waals surface area contributed by atoms with Crippen LogP contribution in [0.4, 0.5) is 0 Å². The van der Waals surface area contributed by atoms with Crippen molar-refractivity contribution in [1.29, 1.82) is 0 Å². The Morgan fingerprint density at radius 3 is 2.77 bits per heavy atom. The molecule has 4 aromatic rings. The van der Waals surface area contributed by atoms with Gasteiger partial charge in [0, 0.05) is 28.4 Å². The van der Waals surface area contributed by atoms with Gasteiger partial charge in [0.2, 0.25) is 18.6 Å². The third kappa shape index (κ3) is 4.86. The van der Waals surface area contributed by atoms with E-state index in [4.69, 9.17) is 19.9 Å². The van der Waals surface area contributed by atoms with Crippen LogP contribution < -0.4 is 20.5 Å². The van der Waals surface area contributed by atoms with Crippen molar-refractivity contribution in [1.82, 2.24) is 20.2 Å². The highest BCUT2D eigenvalue weighted by Gasteiger charge is 2.32. The van der Waals surface area contributed by atoms with Gasteiger partial charge in [0.25, 0.3) is 5.91 Å². The van der Waals surface area contributed by atoms with Gasteiger partial charge in [0.1, 0.15) is 11.8 Å². The molecule has 3 amide bonds. The molecule has 1 fully saturated rings. The molecule has 0 spiro atoms. The van der Waals surface area contributed by atoms with Crippen LogP contribution in [0.5, 0.6) is 11.5 Å². The molecule has 4 N–H and O–H groups in total. The lowest BCUT2D eigenvalue weighted by atomic mass is 10.1. The van der Waals surface area contributed by atoms with Gasteiger partial charge in [-0.2, -0.15) is 0 Å². The van der Waals surface area contributed by atoms with Crippen LogP contribution in [0.1, 0.15) is 23.3 Å². The lowest BCUT2D eigenvalue weighted by Gasteiger charge is -2.14. The lowest BCUT2D eigenvalue weighted by molar-refractivity contribution is -0.148. The van der Waals surface area contributed by atoms with Gasteiger partial charge in [0.15, 0.2) is 11.5 Å². The maximum absolute atomic E-state index is 13.2. The molecule has 0 radical (unpaired) electrons. The number of aromatic nitrogens is 2. The Balaban J connectivity index is 1.18. The Bertz CT molecular complexity index is 1680. The van der Waals surface area contributed by atoms with Crippen molar-refractivity contribution in [2.45, 2.75) is 18.9 Å². The van der Waals surface area contributed by atoms with Gasteiger partial charge >= 0.3 is 5.97 Å². The fourth-order valence-electron chi connectivity index (χ4n) is 4.98. The number of aromatic amines is 1. The highest BCUT2D eigenvalue weighted by atomic mass is 16.7. The molecule has 6 rings (SSSR count). The minimum Gasteiger partial charge on any atom is -0.460 e. The topological polar surface area (TPSA) is 166 Å². The Morgan fingerprint density at radius 2 is 1.93 bits per heavy atom. The molecule has 204 valence electrons. The number of nitrogens with one attached hydrogen (secondary N) is 2. The minimum absolute atomic E-state index is 0.0102. The number of para-hydroxylation sites is 1. The van der Waals surface area contributed by atoms with E-state index in [-0.39, 0.29) is 50.9 Å². The summed E-state index contributed by atoms with van der Waals surface area (Å²) in [5, 5.41) is 4.50. The molecular weight excluding hydrogens is 518 g/mol. The molecule has 4 heterocycles. The van der Waals surface area contributed by atoms with Gasteiger partial charge in [0.05, 0.1) is 37.1 Å². The summed E-state index contributed by atoms with van der Waals surface area (Å²) in [6, 6.07) is 15.0. The molecule has 1 saturated heterocycles. The Labute approximate surface area is 227 Å². The average Bonchev–Trinajstić information content (AvgIpc) is 3.64. The zero-order valence-corrected chi connectivity index (χ0v) is 21.3. The van der Waals surface area contributed by atoms with Crippen LogP contribution in [0.25, 0.3) is 33.1 Å². The first-order valence-electron chi connectivity index (χ1n) is 12.7. The van der Waals surface area contributed by atoms with E-state index in [0.717, 1.165) is 27.4 Å². The number of nitrogens with two attached hydrogens (primary N) is 1. The number of primary amides is 1. The molecule has 1 atom stereocenters. The van der Waals surface area contributed by atoms with E-state index in [9.17, 15) is 19.2 Å². The number of rotatable bonds is 8. The summed E-state index contributed by atoms with van der Waals surface area (Å²) in [6.45, 7) is 0.0416.